The van der Waals surface area contributed by atoms with Crippen molar-refractivity contribution in [2.45, 2.75) is 38.5 Å². The minimum Gasteiger partial charge on any atom is -0.387 e. The van der Waals surface area contributed by atoms with Gasteiger partial charge in [-0.3, -0.25) is 4.98 Å². The molecule has 0 saturated carbocycles. The number of halogens is 3. The lowest BCUT2D eigenvalue weighted by molar-refractivity contribution is -0.175. The molecule has 0 radical (unpaired) electrons. The van der Waals surface area contributed by atoms with Crippen LogP contribution < -0.4 is 4.90 Å². The number of pyridine rings is 1. The Hall–Kier alpha value is -1.30. The van der Waals surface area contributed by atoms with Gasteiger partial charge in [0.05, 0.1) is 29.6 Å². The summed E-state index contributed by atoms with van der Waals surface area (Å²) >= 11 is 0. The fourth-order valence-electron chi connectivity index (χ4n) is 2.47. The highest BCUT2D eigenvalue weighted by Gasteiger charge is 2.41. The van der Waals surface area contributed by atoms with Crippen LogP contribution in [0.3, 0.4) is 0 Å². The van der Waals surface area contributed by atoms with Gasteiger partial charge in [-0.25, -0.2) is 0 Å². The largest absolute Gasteiger partial charge is 0.393 e. The molecule has 0 aromatic carbocycles. The van der Waals surface area contributed by atoms with Crippen molar-refractivity contribution in [2.75, 3.05) is 18.0 Å². The molecule has 2 heterocycles. The lowest BCUT2D eigenvalue weighted by atomic mass is 9.97. The minimum absolute atomic E-state index is 0.0130. The molecule has 1 aliphatic rings. The van der Waals surface area contributed by atoms with Gasteiger partial charge in [-0.05, 0) is 31.4 Å². The summed E-state index contributed by atoms with van der Waals surface area (Å²) in [6.07, 6.45) is -1.92. The predicted molar refractivity (Wildman–Crippen MR) is 70.5 cm³/mol. The molecule has 1 aromatic rings. The summed E-state index contributed by atoms with van der Waals surface area (Å²) in [5.74, 6) is -1.27. The van der Waals surface area contributed by atoms with Crippen LogP contribution in [-0.2, 0) is 0 Å². The van der Waals surface area contributed by atoms with E-state index >= 15 is 0 Å². The molecule has 0 aliphatic carbocycles. The van der Waals surface area contributed by atoms with E-state index in [1.807, 2.05) is 6.92 Å². The molecule has 20 heavy (non-hydrogen) atoms. The second-order valence-electron chi connectivity index (χ2n) is 5.19. The molecule has 3 nitrogen and oxygen atoms in total. The normalized spacial score (nSPS) is 21.9. The fraction of sp³-hybridized carbons (Fsp3) is 0.643. The number of aromatic nitrogens is 1. The maximum atomic E-state index is 12.8. The van der Waals surface area contributed by atoms with Crippen molar-refractivity contribution in [3.63, 3.8) is 0 Å². The number of aliphatic hydroxyl groups is 1. The second kappa shape index (κ2) is 5.99. The summed E-state index contributed by atoms with van der Waals surface area (Å²) in [4.78, 5) is 5.86. The Kier molecular flexibility index (Phi) is 4.52. The number of hydrogen-bond acceptors (Lipinski definition) is 3. The van der Waals surface area contributed by atoms with Crippen molar-refractivity contribution in [1.29, 1.82) is 0 Å². The quantitative estimate of drug-likeness (QED) is 0.927. The first kappa shape index (κ1) is 15.1. The molecule has 0 bridgehead atoms. The van der Waals surface area contributed by atoms with Gasteiger partial charge in [0.25, 0.3) is 0 Å². The average molecular weight is 288 g/mol. The zero-order chi connectivity index (χ0) is 14.8. The van der Waals surface area contributed by atoms with Gasteiger partial charge in [-0.2, -0.15) is 13.2 Å². The van der Waals surface area contributed by atoms with Crippen molar-refractivity contribution in [3.05, 3.63) is 24.0 Å². The summed E-state index contributed by atoms with van der Waals surface area (Å²) in [5, 5.41) is 9.65. The fourth-order valence-corrected chi connectivity index (χ4v) is 2.47. The Bertz CT molecular complexity index is 433. The Morgan fingerprint density at radius 3 is 2.75 bits per heavy atom. The van der Waals surface area contributed by atoms with E-state index in [9.17, 15) is 18.3 Å². The lowest BCUT2D eigenvalue weighted by Gasteiger charge is -2.35. The van der Waals surface area contributed by atoms with E-state index in [1.165, 1.54) is 0 Å². The topological polar surface area (TPSA) is 36.4 Å². The zero-order valence-electron chi connectivity index (χ0n) is 11.4. The van der Waals surface area contributed by atoms with Gasteiger partial charge >= 0.3 is 6.18 Å². The predicted octanol–water partition coefficient (Wildman–Crippen LogP) is 3.30. The number of rotatable bonds is 3. The third-order valence-corrected chi connectivity index (χ3v) is 3.75. The van der Waals surface area contributed by atoms with Gasteiger partial charge in [-0.1, -0.05) is 6.92 Å². The van der Waals surface area contributed by atoms with Crippen molar-refractivity contribution in [2.24, 2.45) is 5.92 Å². The van der Waals surface area contributed by atoms with Crippen LogP contribution in [0.2, 0.25) is 0 Å². The molecule has 112 valence electrons. The van der Waals surface area contributed by atoms with Crippen LogP contribution in [-0.4, -0.2) is 29.4 Å². The molecule has 1 N–H and O–H groups in total. The highest BCUT2D eigenvalue weighted by molar-refractivity contribution is 5.45. The summed E-state index contributed by atoms with van der Waals surface area (Å²) < 4.78 is 38.3. The summed E-state index contributed by atoms with van der Waals surface area (Å²) in [6.45, 7) is 2.45. The van der Waals surface area contributed by atoms with Gasteiger partial charge in [0.15, 0.2) is 0 Å². The number of aliphatic hydroxyl groups excluding tert-OH is 1. The molecular weight excluding hydrogens is 269 g/mol. The molecule has 2 rings (SSSR count). The monoisotopic (exact) mass is 288 g/mol. The van der Waals surface area contributed by atoms with E-state index in [2.05, 4.69) is 4.98 Å². The maximum Gasteiger partial charge on any atom is 0.393 e. The van der Waals surface area contributed by atoms with E-state index < -0.39 is 18.2 Å². The highest BCUT2D eigenvalue weighted by Crippen LogP contribution is 2.34. The third-order valence-electron chi connectivity index (χ3n) is 3.75. The molecule has 0 amide bonds. The van der Waals surface area contributed by atoms with Gasteiger partial charge in [0.1, 0.15) is 0 Å². The molecular formula is C14H19F3N2O. The Morgan fingerprint density at radius 1 is 1.45 bits per heavy atom. The molecule has 1 aromatic heterocycles. The molecule has 1 fully saturated rings. The number of piperidine rings is 1. The van der Waals surface area contributed by atoms with Gasteiger partial charge in [-0.15, -0.1) is 0 Å². The van der Waals surface area contributed by atoms with E-state index in [4.69, 9.17) is 0 Å². The van der Waals surface area contributed by atoms with E-state index in [-0.39, 0.29) is 13.0 Å². The van der Waals surface area contributed by atoms with Crippen molar-refractivity contribution in [3.8, 4) is 0 Å². The average Bonchev–Trinajstić information content (AvgIpc) is 2.46. The first-order valence-electron chi connectivity index (χ1n) is 6.87. The minimum atomic E-state index is -4.13. The molecule has 2 atom stereocenters. The van der Waals surface area contributed by atoms with Crippen LogP contribution in [0.25, 0.3) is 0 Å². The summed E-state index contributed by atoms with van der Waals surface area (Å²) in [7, 11) is 0. The van der Waals surface area contributed by atoms with Crippen LogP contribution in [0, 0.1) is 5.92 Å². The smallest absolute Gasteiger partial charge is 0.387 e. The van der Waals surface area contributed by atoms with Crippen LogP contribution in [0.15, 0.2) is 18.3 Å². The standard InChI is InChI=1S/C14H19F3N2O/c1-2-13(20)12-6-5-11(8-18-12)19-7-3-4-10(9-19)14(15,16)17/h5-6,8,10,13,20H,2-4,7,9H2,1H3. The Balaban J connectivity index is 2.07. The van der Waals surface area contributed by atoms with E-state index in [0.717, 1.165) is 0 Å². The van der Waals surface area contributed by atoms with Gasteiger partial charge in [0.2, 0.25) is 0 Å². The molecule has 6 heteroatoms. The van der Waals surface area contributed by atoms with Crippen LogP contribution in [0.1, 0.15) is 38.0 Å². The molecule has 2 unspecified atom stereocenters. The first-order chi connectivity index (χ1) is 9.41. The van der Waals surface area contributed by atoms with Crippen molar-refractivity contribution < 1.29 is 18.3 Å². The number of nitrogens with zero attached hydrogens (tertiary/aromatic N) is 2. The maximum absolute atomic E-state index is 12.8. The van der Waals surface area contributed by atoms with Crippen molar-refractivity contribution in [1.82, 2.24) is 4.98 Å². The summed E-state index contributed by atoms with van der Waals surface area (Å²) in [5.41, 5.74) is 1.24. The summed E-state index contributed by atoms with van der Waals surface area (Å²) in [6, 6.07) is 3.42. The molecule has 1 aliphatic heterocycles. The van der Waals surface area contributed by atoms with Gasteiger partial charge in [0, 0.05) is 13.1 Å². The lowest BCUT2D eigenvalue weighted by Crippen LogP contribution is -2.41. The number of hydrogen-bond donors (Lipinski definition) is 1. The van der Waals surface area contributed by atoms with Crippen LogP contribution >= 0.6 is 0 Å². The van der Waals surface area contributed by atoms with E-state index in [0.29, 0.717) is 30.8 Å². The Labute approximate surface area is 116 Å². The Morgan fingerprint density at radius 2 is 2.20 bits per heavy atom. The first-order valence-corrected chi connectivity index (χ1v) is 6.87. The van der Waals surface area contributed by atoms with E-state index in [1.54, 1.807) is 23.2 Å². The number of alkyl halides is 3. The van der Waals surface area contributed by atoms with Crippen LogP contribution in [0.5, 0.6) is 0 Å². The van der Waals surface area contributed by atoms with Gasteiger partial charge < -0.3 is 10.0 Å². The SMILES string of the molecule is CCC(O)c1ccc(N2CCCC(C(F)(F)F)C2)cn1. The molecule has 1 saturated heterocycles. The van der Waals surface area contributed by atoms with Crippen LogP contribution in [0.4, 0.5) is 18.9 Å². The third kappa shape index (κ3) is 3.42. The number of anilines is 1. The highest BCUT2D eigenvalue weighted by atomic mass is 19.4. The molecule has 0 spiro atoms. The second-order valence-corrected chi connectivity index (χ2v) is 5.19. The van der Waals surface area contributed by atoms with Crippen molar-refractivity contribution >= 4 is 5.69 Å². The zero-order valence-corrected chi connectivity index (χ0v) is 11.4.